The van der Waals surface area contributed by atoms with Crippen LogP contribution in [0.1, 0.15) is 10.5 Å². The minimum Gasteiger partial charge on any atom is -0.378 e. The summed E-state index contributed by atoms with van der Waals surface area (Å²) in [6.45, 7) is 5.68. The van der Waals surface area contributed by atoms with Crippen molar-refractivity contribution in [1.82, 2.24) is 25.2 Å². The van der Waals surface area contributed by atoms with Gasteiger partial charge in [-0.2, -0.15) is 5.10 Å². The number of aromatic nitrogens is 4. The summed E-state index contributed by atoms with van der Waals surface area (Å²) in [5.74, 6) is 1.23. The van der Waals surface area contributed by atoms with Gasteiger partial charge in [0, 0.05) is 69.4 Å². The molecule has 3 aromatic heterocycles. The molecule has 0 atom stereocenters. The molecule has 3 aromatic rings. The summed E-state index contributed by atoms with van der Waals surface area (Å²) in [7, 11) is 0. The standard InChI is InChI=1S/C21H23N7O3/c29-21(18-13-19(31-25-18)16-2-1-3-22-14-16)28-6-4-27(5-7-28)20-12-17(15-23-24-20)26-8-10-30-11-9-26/h1-3,12-15H,4-11H2. The van der Waals surface area contributed by atoms with Crippen LogP contribution in [0, 0.1) is 0 Å². The van der Waals surface area contributed by atoms with Gasteiger partial charge in [0.25, 0.3) is 5.91 Å². The Kier molecular flexibility index (Phi) is 5.44. The summed E-state index contributed by atoms with van der Waals surface area (Å²) in [4.78, 5) is 23.1. The molecular weight excluding hydrogens is 398 g/mol. The second kappa shape index (κ2) is 8.68. The topological polar surface area (TPSA) is 101 Å². The van der Waals surface area contributed by atoms with Crippen molar-refractivity contribution in [2.75, 3.05) is 62.3 Å². The second-order valence-electron chi connectivity index (χ2n) is 7.47. The van der Waals surface area contributed by atoms with Gasteiger partial charge in [0.2, 0.25) is 0 Å². The van der Waals surface area contributed by atoms with Crippen molar-refractivity contribution < 1.29 is 14.1 Å². The SMILES string of the molecule is O=C(c1cc(-c2cccnc2)on1)N1CCN(c2cc(N3CCOCC3)cnn2)CC1. The third kappa shape index (κ3) is 4.19. The molecule has 0 N–H and O–H groups in total. The average Bonchev–Trinajstić information content (AvgIpc) is 3.35. The first-order chi connectivity index (χ1) is 15.3. The van der Waals surface area contributed by atoms with Gasteiger partial charge >= 0.3 is 0 Å². The molecule has 0 saturated carbocycles. The lowest BCUT2D eigenvalue weighted by atomic mass is 10.2. The summed E-state index contributed by atoms with van der Waals surface area (Å²) in [5, 5.41) is 12.5. The fourth-order valence-corrected chi connectivity index (χ4v) is 3.82. The molecule has 0 bridgehead atoms. The number of piperazine rings is 1. The fourth-order valence-electron chi connectivity index (χ4n) is 3.82. The van der Waals surface area contributed by atoms with Gasteiger partial charge in [0.15, 0.2) is 17.3 Å². The lowest BCUT2D eigenvalue weighted by Gasteiger charge is -2.35. The quantitative estimate of drug-likeness (QED) is 0.617. The third-order valence-electron chi connectivity index (χ3n) is 5.57. The van der Waals surface area contributed by atoms with E-state index >= 15 is 0 Å². The Morgan fingerprint density at radius 3 is 2.58 bits per heavy atom. The minimum atomic E-state index is -0.133. The zero-order valence-corrected chi connectivity index (χ0v) is 17.1. The van der Waals surface area contributed by atoms with Crippen LogP contribution in [0.3, 0.4) is 0 Å². The highest BCUT2D eigenvalue weighted by Crippen LogP contribution is 2.23. The molecule has 0 radical (unpaired) electrons. The molecule has 2 aliphatic heterocycles. The Morgan fingerprint density at radius 1 is 0.968 bits per heavy atom. The molecular formula is C21H23N7O3. The van der Waals surface area contributed by atoms with Crippen LogP contribution in [-0.2, 0) is 4.74 Å². The van der Waals surface area contributed by atoms with Crippen LogP contribution in [-0.4, -0.2) is 83.6 Å². The Labute approximate surface area is 179 Å². The molecule has 2 aliphatic rings. The molecule has 31 heavy (non-hydrogen) atoms. The van der Waals surface area contributed by atoms with Crippen LogP contribution in [0.2, 0.25) is 0 Å². The maximum absolute atomic E-state index is 12.9. The van der Waals surface area contributed by atoms with Crippen LogP contribution >= 0.6 is 0 Å². The van der Waals surface area contributed by atoms with Crippen LogP contribution < -0.4 is 9.80 Å². The first kappa shape index (κ1) is 19.4. The number of carbonyl (C=O) groups is 1. The van der Waals surface area contributed by atoms with E-state index in [-0.39, 0.29) is 5.91 Å². The van der Waals surface area contributed by atoms with Gasteiger partial charge in [-0.25, -0.2) is 0 Å². The monoisotopic (exact) mass is 421 g/mol. The third-order valence-corrected chi connectivity index (χ3v) is 5.57. The van der Waals surface area contributed by atoms with Crippen LogP contribution in [0.5, 0.6) is 0 Å². The van der Waals surface area contributed by atoms with E-state index in [1.807, 2.05) is 12.1 Å². The number of hydrogen-bond acceptors (Lipinski definition) is 9. The van der Waals surface area contributed by atoms with Crippen molar-refractivity contribution in [1.29, 1.82) is 0 Å². The van der Waals surface area contributed by atoms with Gasteiger partial charge in [-0.05, 0) is 12.1 Å². The van der Waals surface area contributed by atoms with Crippen LogP contribution in [0.15, 0.2) is 47.4 Å². The molecule has 2 saturated heterocycles. The van der Waals surface area contributed by atoms with Gasteiger partial charge < -0.3 is 24.0 Å². The highest BCUT2D eigenvalue weighted by atomic mass is 16.5. The van der Waals surface area contributed by atoms with Gasteiger partial charge in [-0.15, -0.1) is 5.10 Å². The lowest BCUT2D eigenvalue weighted by Crippen LogP contribution is -2.49. The molecule has 1 amide bonds. The number of rotatable bonds is 4. The summed E-state index contributed by atoms with van der Waals surface area (Å²) in [6, 6.07) is 7.42. The molecule has 0 spiro atoms. The zero-order valence-electron chi connectivity index (χ0n) is 17.1. The number of morpholine rings is 1. The van der Waals surface area contributed by atoms with Gasteiger partial charge in [0.05, 0.1) is 25.1 Å². The van der Waals surface area contributed by atoms with Gasteiger partial charge in [0.1, 0.15) is 0 Å². The van der Waals surface area contributed by atoms with Crippen molar-refractivity contribution in [2.45, 2.75) is 0 Å². The Bertz CT molecular complexity index is 1030. The normalized spacial score (nSPS) is 17.1. The van der Waals surface area contributed by atoms with Crippen molar-refractivity contribution in [3.63, 3.8) is 0 Å². The first-order valence-electron chi connectivity index (χ1n) is 10.3. The minimum absolute atomic E-state index is 0.133. The van der Waals surface area contributed by atoms with Gasteiger partial charge in [-0.1, -0.05) is 5.16 Å². The summed E-state index contributed by atoms with van der Waals surface area (Å²) in [6.07, 6.45) is 5.16. The number of nitrogens with zero attached hydrogens (tertiary/aromatic N) is 7. The molecule has 10 nitrogen and oxygen atoms in total. The highest BCUT2D eigenvalue weighted by Gasteiger charge is 2.26. The molecule has 5 rings (SSSR count). The molecule has 0 aromatic carbocycles. The average molecular weight is 421 g/mol. The van der Waals surface area contributed by atoms with Gasteiger partial charge in [-0.3, -0.25) is 9.78 Å². The fraction of sp³-hybridized carbons (Fsp3) is 0.381. The predicted molar refractivity (Wildman–Crippen MR) is 113 cm³/mol. The largest absolute Gasteiger partial charge is 0.378 e. The second-order valence-corrected chi connectivity index (χ2v) is 7.47. The molecule has 0 unspecified atom stereocenters. The number of ether oxygens (including phenoxy) is 1. The first-order valence-corrected chi connectivity index (χ1v) is 10.3. The number of hydrogen-bond donors (Lipinski definition) is 0. The van der Waals surface area contributed by atoms with Crippen molar-refractivity contribution >= 4 is 17.4 Å². The number of amides is 1. The van der Waals surface area contributed by atoms with Crippen molar-refractivity contribution in [3.8, 4) is 11.3 Å². The smallest absolute Gasteiger partial charge is 0.276 e. The Morgan fingerprint density at radius 2 is 1.81 bits per heavy atom. The van der Waals surface area contributed by atoms with E-state index in [9.17, 15) is 4.79 Å². The van der Waals surface area contributed by atoms with Crippen molar-refractivity contribution in [3.05, 3.63) is 48.5 Å². The van der Waals surface area contributed by atoms with Crippen LogP contribution in [0.4, 0.5) is 11.5 Å². The molecule has 10 heteroatoms. The Balaban J connectivity index is 1.22. The highest BCUT2D eigenvalue weighted by molar-refractivity contribution is 5.93. The summed E-state index contributed by atoms with van der Waals surface area (Å²) < 4.78 is 10.8. The van der Waals surface area contributed by atoms with E-state index in [1.165, 1.54) is 0 Å². The molecule has 5 heterocycles. The number of anilines is 2. The molecule has 2 fully saturated rings. The maximum Gasteiger partial charge on any atom is 0.276 e. The summed E-state index contributed by atoms with van der Waals surface area (Å²) in [5.41, 5.74) is 2.15. The summed E-state index contributed by atoms with van der Waals surface area (Å²) >= 11 is 0. The van der Waals surface area contributed by atoms with E-state index in [2.05, 4.69) is 36.2 Å². The van der Waals surface area contributed by atoms with E-state index in [1.54, 1.807) is 29.6 Å². The number of pyridine rings is 1. The predicted octanol–water partition coefficient (Wildman–Crippen LogP) is 1.33. The van der Waals surface area contributed by atoms with Crippen LogP contribution in [0.25, 0.3) is 11.3 Å². The Hall–Kier alpha value is -3.53. The molecule has 0 aliphatic carbocycles. The van der Waals surface area contributed by atoms with E-state index in [4.69, 9.17) is 9.26 Å². The molecule has 160 valence electrons. The zero-order chi connectivity index (χ0) is 21.0. The van der Waals surface area contributed by atoms with E-state index in [0.717, 1.165) is 43.4 Å². The van der Waals surface area contributed by atoms with Crippen molar-refractivity contribution in [2.24, 2.45) is 0 Å². The maximum atomic E-state index is 12.9. The van der Waals surface area contributed by atoms with E-state index in [0.29, 0.717) is 37.6 Å². The lowest BCUT2D eigenvalue weighted by molar-refractivity contribution is 0.0736. The van der Waals surface area contributed by atoms with E-state index < -0.39 is 0 Å². The number of carbonyl (C=O) groups excluding carboxylic acids is 1.